The molecule has 0 bridgehead atoms. The third-order valence-electron chi connectivity index (χ3n) is 3.51. The molecule has 4 nitrogen and oxygen atoms in total. The molecule has 3 aromatic rings. The molecule has 7 heteroatoms. The number of benzene rings is 2. The fourth-order valence-electron chi connectivity index (χ4n) is 2.53. The standard InChI is InChI=1S/C17H11F3O4/c1-9-13-6-5-11(21)8-14(13)23-16(22)15(9)10-3-2-4-12(7-10)24-17(18,19)20/h2-8,21H,1H3. The van der Waals surface area contributed by atoms with Crippen LogP contribution in [0.15, 0.2) is 51.7 Å². The van der Waals surface area contributed by atoms with Crippen LogP contribution in [0.3, 0.4) is 0 Å². The van der Waals surface area contributed by atoms with Crippen LogP contribution in [0, 0.1) is 6.92 Å². The fraction of sp³-hybridized carbons (Fsp3) is 0.118. The van der Waals surface area contributed by atoms with Crippen molar-refractivity contribution in [2.45, 2.75) is 13.3 Å². The van der Waals surface area contributed by atoms with Gasteiger partial charge in [0.2, 0.25) is 0 Å². The van der Waals surface area contributed by atoms with Gasteiger partial charge < -0.3 is 14.3 Å². The topological polar surface area (TPSA) is 59.7 Å². The highest BCUT2D eigenvalue weighted by Crippen LogP contribution is 2.31. The SMILES string of the molecule is Cc1c(-c2cccc(OC(F)(F)F)c2)c(=O)oc2cc(O)ccc12. The van der Waals surface area contributed by atoms with Crippen LogP contribution < -0.4 is 10.4 Å². The minimum Gasteiger partial charge on any atom is -0.508 e. The molecule has 0 aliphatic rings. The molecule has 3 rings (SSSR count). The molecule has 0 spiro atoms. The molecule has 0 saturated carbocycles. The zero-order valence-corrected chi connectivity index (χ0v) is 12.3. The maximum absolute atomic E-state index is 12.4. The Bertz CT molecular complexity index is 974. The van der Waals surface area contributed by atoms with E-state index in [0.29, 0.717) is 10.9 Å². The highest BCUT2D eigenvalue weighted by atomic mass is 19.4. The lowest BCUT2D eigenvalue weighted by Crippen LogP contribution is -2.17. The molecule has 0 aliphatic heterocycles. The number of hydrogen-bond acceptors (Lipinski definition) is 4. The summed E-state index contributed by atoms with van der Waals surface area (Å²) in [6.07, 6.45) is -4.82. The van der Waals surface area contributed by atoms with Gasteiger partial charge in [-0.3, -0.25) is 0 Å². The van der Waals surface area contributed by atoms with Crippen molar-refractivity contribution in [3.63, 3.8) is 0 Å². The number of rotatable bonds is 2. The Labute approximate surface area is 133 Å². The number of halogens is 3. The van der Waals surface area contributed by atoms with E-state index in [1.165, 1.54) is 24.3 Å². The van der Waals surface area contributed by atoms with E-state index in [4.69, 9.17) is 4.42 Å². The van der Waals surface area contributed by atoms with Crippen LogP contribution in [0.2, 0.25) is 0 Å². The van der Waals surface area contributed by atoms with E-state index in [0.717, 1.165) is 12.1 Å². The second-order valence-electron chi connectivity index (χ2n) is 5.15. The number of hydrogen-bond donors (Lipinski definition) is 1. The predicted octanol–water partition coefficient (Wildman–Crippen LogP) is 4.37. The lowest BCUT2D eigenvalue weighted by Gasteiger charge is -2.11. The van der Waals surface area contributed by atoms with Gasteiger partial charge in [-0.25, -0.2) is 4.79 Å². The van der Waals surface area contributed by atoms with Crippen molar-refractivity contribution in [1.82, 2.24) is 0 Å². The minimum atomic E-state index is -4.82. The molecule has 1 heterocycles. The van der Waals surface area contributed by atoms with E-state index in [1.54, 1.807) is 13.0 Å². The number of fused-ring (bicyclic) bond motifs is 1. The monoisotopic (exact) mass is 336 g/mol. The number of phenols is 1. The third-order valence-corrected chi connectivity index (χ3v) is 3.51. The van der Waals surface area contributed by atoms with Gasteiger partial charge in [-0.15, -0.1) is 13.2 Å². The van der Waals surface area contributed by atoms with Crippen LogP contribution in [-0.2, 0) is 0 Å². The Morgan fingerprint density at radius 1 is 1.12 bits per heavy atom. The van der Waals surface area contributed by atoms with E-state index in [1.807, 2.05) is 0 Å². The second kappa shape index (κ2) is 5.59. The number of aromatic hydroxyl groups is 1. The summed E-state index contributed by atoms with van der Waals surface area (Å²) in [4.78, 5) is 12.3. The van der Waals surface area contributed by atoms with Crippen molar-refractivity contribution >= 4 is 11.0 Å². The molecule has 2 aromatic carbocycles. The van der Waals surface area contributed by atoms with Crippen molar-refractivity contribution in [3.8, 4) is 22.6 Å². The van der Waals surface area contributed by atoms with Crippen LogP contribution >= 0.6 is 0 Å². The summed E-state index contributed by atoms with van der Waals surface area (Å²) < 4.78 is 46.1. The van der Waals surface area contributed by atoms with E-state index >= 15 is 0 Å². The lowest BCUT2D eigenvalue weighted by molar-refractivity contribution is -0.274. The summed E-state index contributed by atoms with van der Waals surface area (Å²) in [5, 5.41) is 10.0. The van der Waals surface area contributed by atoms with Crippen molar-refractivity contribution in [2.75, 3.05) is 0 Å². The van der Waals surface area contributed by atoms with Gasteiger partial charge in [-0.05, 0) is 42.3 Å². The summed E-state index contributed by atoms with van der Waals surface area (Å²) in [5.41, 5.74) is 0.405. The van der Waals surface area contributed by atoms with Gasteiger partial charge in [0, 0.05) is 11.5 Å². The van der Waals surface area contributed by atoms with E-state index in [2.05, 4.69) is 4.74 Å². The average Bonchev–Trinajstić information content (AvgIpc) is 2.45. The van der Waals surface area contributed by atoms with Gasteiger partial charge in [-0.1, -0.05) is 12.1 Å². The summed E-state index contributed by atoms with van der Waals surface area (Å²) in [6, 6.07) is 9.43. The number of alkyl halides is 3. The zero-order valence-electron chi connectivity index (χ0n) is 12.3. The maximum Gasteiger partial charge on any atom is 0.573 e. The average molecular weight is 336 g/mol. The molecule has 124 valence electrons. The summed E-state index contributed by atoms with van der Waals surface area (Å²) in [5.74, 6) is -0.483. The van der Waals surface area contributed by atoms with E-state index in [-0.39, 0.29) is 22.5 Å². The first-order valence-electron chi connectivity index (χ1n) is 6.87. The quantitative estimate of drug-likeness (QED) is 0.706. The second-order valence-corrected chi connectivity index (χ2v) is 5.15. The van der Waals surface area contributed by atoms with Gasteiger partial charge in [0.05, 0.1) is 5.56 Å². The number of aryl methyl sites for hydroxylation is 1. The first kappa shape index (κ1) is 15.9. The van der Waals surface area contributed by atoms with Gasteiger partial charge >= 0.3 is 12.0 Å². The van der Waals surface area contributed by atoms with E-state index < -0.39 is 17.7 Å². The Kier molecular flexibility index (Phi) is 3.71. The molecule has 0 fully saturated rings. The summed E-state index contributed by atoms with van der Waals surface area (Å²) in [6.45, 7) is 1.66. The molecule has 0 aliphatic carbocycles. The molecular weight excluding hydrogens is 325 g/mol. The van der Waals surface area contributed by atoms with Crippen LogP contribution in [0.5, 0.6) is 11.5 Å². The Morgan fingerprint density at radius 2 is 1.88 bits per heavy atom. The van der Waals surface area contributed by atoms with Crippen LogP contribution in [0.1, 0.15) is 5.56 Å². The fourth-order valence-corrected chi connectivity index (χ4v) is 2.53. The van der Waals surface area contributed by atoms with Gasteiger partial charge in [-0.2, -0.15) is 0 Å². The van der Waals surface area contributed by atoms with Crippen molar-refractivity contribution in [3.05, 3.63) is 58.4 Å². The first-order chi connectivity index (χ1) is 11.2. The van der Waals surface area contributed by atoms with E-state index in [9.17, 15) is 23.1 Å². The smallest absolute Gasteiger partial charge is 0.508 e. The molecule has 0 saturated heterocycles. The largest absolute Gasteiger partial charge is 0.573 e. The normalized spacial score (nSPS) is 11.7. The molecule has 0 unspecified atom stereocenters. The highest BCUT2D eigenvalue weighted by molar-refractivity contribution is 5.87. The predicted molar refractivity (Wildman–Crippen MR) is 81.0 cm³/mol. The summed E-state index contributed by atoms with van der Waals surface area (Å²) in [7, 11) is 0. The van der Waals surface area contributed by atoms with Crippen molar-refractivity contribution < 1.29 is 27.4 Å². The van der Waals surface area contributed by atoms with Gasteiger partial charge in [0.25, 0.3) is 0 Å². The molecule has 0 amide bonds. The molecular formula is C17H11F3O4. The van der Waals surface area contributed by atoms with Gasteiger partial charge in [0.15, 0.2) is 0 Å². The summed E-state index contributed by atoms with van der Waals surface area (Å²) >= 11 is 0. The first-order valence-corrected chi connectivity index (χ1v) is 6.87. The third kappa shape index (κ3) is 3.05. The van der Waals surface area contributed by atoms with Crippen LogP contribution in [0.25, 0.3) is 22.1 Å². The molecule has 1 aromatic heterocycles. The molecule has 1 N–H and O–H groups in total. The van der Waals surface area contributed by atoms with Crippen molar-refractivity contribution in [1.29, 1.82) is 0 Å². The zero-order chi connectivity index (χ0) is 17.5. The maximum atomic E-state index is 12.4. The number of phenolic OH excluding ortho intramolecular Hbond substituents is 1. The van der Waals surface area contributed by atoms with Crippen molar-refractivity contribution in [2.24, 2.45) is 0 Å². The Hall–Kier alpha value is -2.96. The van der Waals surface area contributed by atoms with Crippen LogP contribution in [-0.4, -0.2) is 11.5 Å². The Balaban J connectivity index is 2.18. The molecule has 0 radical (unpaired) electrons. The number of ether oxygens (including phenoxy) is 1. The minimum absolute atomic E-state index is 0.0571. The molecule has 24 heavy (non-hydrogen) atoms. The highest BCUT2D eigenvalue weighted by Gasteiger charge is 2.31. The molecule has 0 atom stereocenters. The van der Waals surface area contributed by atoms with Gasteiger partial charge in [0.1, 0.15) is 17.1 Å². The van der Waals surface area contributed by atoms with Crippen LogP contribution in [0.4, 0.5) is 13.2 Å². The Morgan fingerprint density at radius 3 is 2.58 bits per heavy atom. The lowest BCUT2D eigenvalue weighted by atomic mass is 9.99.